The maximum atomic E-state index is 16.3. The highest BCUT2D eigenvalue weighted by molar-refractivity contribution is 7.17. The van der Waals surface area contributed by atoms with Crippen LogP contribution in [0.25, 0.3) is 32.2 Å². The molecule has 2 aliphatic carbocycles. The first-order valence-corrected chi connectivity index (χ1v) is 16.2. The molecule has 3 aliphatic rings. The van der Waals surface area contributed by atoms with E-state index in [1.165, 1.54) is 30.6 Å². The van der Waals surface area contributed by atoms with Crippen molar-refractivity contribution in [3.05, 3.63) is 70.6 Å². The van der Waals surface area contributed by atoms with E-state index in [-0.39, 0.29) is 42.1 Å². The number of ether oxygens (including phenoxy) is 2. The molecule has 4 N–H and O–H groups in total. The Balaban J connectivity index is 1.21. The summed E-state index contributed by atoms with van der Waals surface area (Å²) in [6.07, 6.45) is 4.01. The third-order valence-corrected chi connectivity index (χ3v) is 10.8. The van der Waals surface area contributed by atoms with Gasteiger partial charge in [0.05, 0.1) is 30.1 Å². The Morgan fingerprint density at radius 1 is 1.28 bits per heavy atom. The molecule has 8 rings (SSSR count). The van der Waals surface area contributed by atoms with Crippen molar-refractivity contribution in [3.8, 4) is 22.8 Å². The monoisotopic (exact) mass is 659 g/mol. The second-order valence-electron chi connectivity index (χ2n) is 12.9. The van der Waals surface area contributed by atoms with Crippen molar-refractivity contribution in [1.82, 2.24) is 20.1 Å². The fraction of sp³-hybridized carbons (Fsp3) is 0.353. The molecule has 3 aromatic heterocycles. The van der Waals surface area contributed by atoms with Gasteiger partial charge in [-0.05, 0) is 56.9 Å². The van der Waals surface area contributed by atoms with Crippen molar-refractivity contribution in [2.24, 2.45) is 5.73 Å². The summed E-state index contributed by atoms with van der Waals surface area (Å²) >= 11 is 1.17. The number of hydrogen-bond donors (Lipinski definition) is 3. The van der Waals surface area contributed by atoms with Gasteiger partial charge in [-0.2, -0.15) is 5.10 Å². The van der Waals surface area contributed by atoms with Crippen LogP contribution in [0.5, 0.6) is 11.5 Å². The van der Waals surface area contributed by atoms with E-state index in [1.807, 2.05) is 10.9 Å². The fourth-order valence-corrected chi connectivity index (χ4v) is 7.39. The van der Waals surface area contributed by atoms with Gasteiger partial charge in [0.2, 0.25) is 5.91 Å². The predicted molar refractivity (Wildman–Crippen MR) is 171 cm³/mol. The maximum Gasteiger partial charge on any atom is 0.251 e. The van der Waals surface area contributed by atoms with Crippen LogP contribution in [-0.4, -0.2) is 57.6 Å². The zero-order valence-corrected chi connectivity index (χ0v) is 26.4. The zero-order chi connectivity index (χ0) is 32.9. The average Bonchev–Trinajstić information content (AvgIpc) is 3.92. The van der Waals surface area contributed by atoms with E-state index >= 15 is 4.39 Å². The zero-order valence-electron chi connectivity index (χ0n) is 25.6. The summed E-state index contributed by atoms with van der Waals surface area (Å²) in [6, 6.07) is 9.67. The number of alkyl halides is 1. The SMILES string of the molecule is COc1cc(C(=O)NCC(O)(c2cc3c(c(-c4csc5c(F)cccc45)n2)OC[C@]3(C)C(N)=O)C2(F)CC2)cc2cn(C3CC3)nc12. The number of methoxy groups -OCH3 is 1. The van der Waals surface area contributed by atoms with Crippen LogP contribution in [0.2, 0.25) is 0 Å². The number of halogens is 2. The van der Waals surface area contributed by atoms with Crippen LogP contribution in [0.4, 0.5) is 8.78 Å². The van der Waals surface area contributed by atoms with Crippen LogP contribution in [-0.2, 0) is 15.8 Å². The highest BCUT2D eigenvalue weighted by atomic mass is 32.1. The molecule has 242 valence electrons. The molecular formula is C34H31F2N5O5S. The normalized spacial score (nSPS) is 20.9. The fourth-order valence-electron chi connectivity index (χ4n) is 6.43. The van der Waals surface area contributed by atoms with Crippen molar-refractivity contribution in [2.75, 3.05) is 20.3 Å². The number of aromatic nitrogens is 3. The Kier molecular flexibility index (Phi) is 6.45. The molecule has 0 bridgehead atoms. The molecule has 2 atom stereocenters. The Hall–Kier alpha value is -4.62. The van der Waals surface area contributed by atoms with Crippen molar-refractivity contribution >= 4 is 44.1 Å². The van der Waals surface area contributed by atoms with E-state index in [9.17, 15) is 19.1 Å². The summed E-state index contributed by atoms with van der Waals surface area (Å²) in [5.74, 6) is -0.974. The Morgan fingerprint density at radius 2 is 2.06 bits per heavy atom. The number of nitrogens with one attached hydrogen (secondary N) is 1. The topological polar surface area (TPSA) is 142 Å². The smallest absolute Gasteiger partial charge is 0.251 e. The molecule has 2 aromatic carbocycles. The van der Waals surface area contributed by atoms with Gasteiger partial charge in [-0.25, -0.2) is 13.8 Å². The molecule has 13 heteroatoms. The Labute approximate surface area is 271 Å². The number of fused-ring (bicyclic) bond motifs is 3. The highest BCUT2D eigenvalue weighted by Crippen LogP contribution is 2.55. The van der Waals surface area contributed by atoms with Crippen LogP contribution < -0.4 is 20.5 Å². The van der Waals surface area contributed by atoms with Gasteiger partial charge in [-0.3, -0.25) is 14.3 Å². The number of rotatable bonds is 9. The number of thiophene rings is 1. The summed E-state index contributed by atoms with van der Waals surface area (Å²) in [5.41, 5.74) is 1.94. The van der Waals surface area contributed by atoms with Gasteiger partial charge in [-0.15, -0.1) is 11.3 Å². The number of benzene rings is 2. The van der Waals surface area contributed by atoms with Gasteiger partial charge in [0.1, 0.15) is 46.2 Å². The second-order valence-corrected chi connectivity index (χ2v) is 13.8. The van der Waals surface area contributed by atoms with Gasteiger partial charge in [0.15, 0.2) is 5.60 Å². The molecular weight excluding hydrogens is 628 g/mol. The van der Waals surface area contributed by atoms with Gasteiger partial charge in [-0.1, -0.05) is 12.1 Å². The number of amides is 2. The Bertz CT molecular complexity index is 2140. The first-order chi connectivity index (χ1) is 22.5. The lowest BCUT2D eigenvalue weighted by Gasteiger charge is -2.33. The molecule has 5 aromatic rings. The number of nitrogens with two attached hydrogens (primary N) is 1. The molecule has 0 saturated heterocycles. The highest BCUT2D eigenvalue weighted by Gasteiger charge is 2.62. The van der Waals surface area contributed by atoms with Crippen LogP contribution in [0.1, 0.15) is 60.3 Å². The summed E-state index contributed by atoms with van der Waals surface area (Å²) in [6.45, 7) is 0.990. The van der Waals surface area contributed by atoms with Crippen LogP contribution in [0.15, 0.2) is 48.0 Å². The molecule has 1 unspecified atom stereocenters. The molecule has 47 heavy (non-hydrogen) atoms. The van der Waals surface area contributed by atoms with Gasteiger partial charge >= 0.3 is 0 Å². The quantitative estimate of drug-likeness (QED) is 0.201. The number of pyridine rings is 1. The minimum Gasteiger partial charge on any atom is -0.494 e. The molecule has 2 saturated carbocycles. The largest absolute Gasteiger partial charge is 0.494 e. The first kappa shape index (κ1) is 29.8. The lowest BCUT2D eigenvalue weighted by molar-refractivity contribution is -0.123. The first-order valence-electron chi connectivity index (χ1n) is 15.4. The molecule has 2 amide bonds. The van der Waals surface area contributed by atoms with Gasteiger partial charge < -0.3 is 25.6 Å². The minimum absolute atomic E-state index is 0.0315. The summed E-state index contributed by atoms with van der Waals surface area (Å²) in [7, 11) is 1.50. The van der Waals surface area contributed by atoms with Crippen molar-refractivity contribution < 1.29 is 33.0 Å². The number of carbonyl (C=O) groups is 2. The molecule has 1 aliphatic heterocycles. The van der Waals surface area contributed by atoms with Crippen LogP contribution in [0, 0.1) is 5.82 Å². The maximum absolute atomic E-state index is 16.3. The number of aliphatic hydroxyl groups is 1. The Morgan fingerprint density at radius 3 is 2.77 bits per heavy atom. The second kappa shape index (κ2) is 10.2. The van der Waals surface area contributed by atoms with Crippen molar-refractivity contribution in [2.45, 2.75) is 55.3 Å². The van der Waals surface area contributed by atoms with Crippen molar-refractivity contribution in [1.29, 1.82) is 0 Å². The van der Waals surface area contributed by atoms with Crippen molar-refractivity contribution in [3.63, 3.8) is 0 Å². The van der Waals surface area contributed by atoms with E-state index in [0.29, 0.717) is 38.5 Å². The lowest BCUT2D eigenvalue weighted by Crippen LogP contribution is -2.49. The van der Waals surface area contributed by atoms with E-state index in [1.54, 1.807) is 36.6 Å². The van der Waals surface area contributed by atoms with E-state index in [4.69, 9.17) is 20.2 Å². The molecule has 2 fully saturated rings. The van der Waals surface area contributed by atoms with E-state index in [2.05, 4.69) is 10.4 Å². The van der Waals surface area contributed by atoms with Gasteiger partial charge in [0.25, 0.3) is 5.91 Å². The number of nitrogens with zero attached hydrogens (tertiary/aromatic N) is 3. The van der Waals surface area contributed by atoms with Crippen LogP contribution in [0.3, 0.4) is 0 Å². The summed E-state index contributed by atoms with van der Waals surface area (Å²) in [5, 5.41) is 22.6. The third-order valence-electron chi connectivity index (χ3n) is 9.78. The molecule has 0 spiro atoms. The predicted octanol–water partition coefficient (Wildman–Crippen LogP) is 5.05. The number of hydrogen-bond acceptors (Lipinski definition) is 8. The lowest BCUT2D eigenvalue weighted by atomic mass is 9.80. The molecule has 0 radical (unpaired) electrons. The number of carbonyl (C=O) groups excluding carboxylic acids is 2. The molecule has 4 heterocycles. The summed E-state index contributed by atoms with van der Waals surface area (Å²) < 4.78 is 44.8. The minimum atomic E-state index is -2.30. The summed E-state index contributed by atoms with van der Waals surface area (Å²) in [4.78, 5) is 31.1. The third kappa shape index (κ3) is 4.50. The average molecular weight is 660 g/mol. The molecule has 10 nitrogen and oxygen atoms in total. The standard InChI is InChI=1S/C34H31F2N5O5S/c1-32(31(37)43)16-46-28-22(32)12-25(39-27(28)21-14-47-29-20(21)4-3-5-23(29)35)34(44,33(36)8-9-33)15-38-30(42)17-10-18-13-41(19-6-7-19)40-26(18)24(11-17)45-2/h3-5,10-14,19,44H,6-9,15-16H2,1-2H3,(H2,37,43)(H,38,42)/t32-,34?/m0/s1. The van der Waals surface area contributed by atoms with Gasteiger partial charge in [0, 0.05) is 39.0 Å². The van der Waals surface area contributed by atoms with E-state index in [0.717, 1.165) is 18.2 Å². The van der Waals surface area contributed by atoms with E-state index < -0.39 is 40.9 Å². The number of primary amides is 1. The van der Waals surface area contributed by atoms with Crippen LogP contribution >= 0.6 is 11.3 Å².